The van der Waals surface area contributed by atoms with E-state index in [1.165, 1.54) is 5.57 Å². The first-order chi connectivity index (χ1) is 8.36. The number of rotatable bonds is 6. The van der Waals surface area contributed by atoms with Gasteiger partial charge in [0.2, 0.25) is 0 Å². The molecule has 0 fully saturated rings. The minimum atomic E-state index is 0.684. The van der Waals surface area contributed by atoms with E-state index in [0.717, 1.165) is 45.1 Å². The third-order valence-corrected chi connectivity index (χ3v) is 2.62. The van der Waals surface area contributed by atoms with Crippen molar-refractivity contribution in [3.63, 3.8) is 0 Å². The number of hydrogen-bond donors (Lipinski definition) is 2. The molecular formula is C12H23N3O2. The van der Waals surface area contributed by atoms with Crippen LogP contribution in [0.5, 0.6) is 0 Å². The van der Waals surface area contributed by atoms with E-state index in [1.807, 2.05) is 0 Å². The standard InChI is InChI=1S/C12H23N3O2/c1-13-12(15-7-10-16-2)14-6-3-11-4-8-17-9-5-11/h4H,3,5-10H2,1-2H3,(H2,13,14,15). The van der Waals surface area contributed by atoms with Crippen molar-refractivity contribution in [3.05, 3.63) is 11.6 Å². The van der Waals surface area contributed by atoms with Gasteiger partial charge in [-0.25, -0.2) is 0 Å². The lowest BCUT2D eigenvalue weighted by Crippen LogP contribution is -2.39. The average molecular weight is 241 g/mol. The molecule has 0 radical (unpaired) electrons. The van der Waals surface area contributed by atoms with Crippen LogP contribution in [0, 0.1) is 0 Å². The van der Waals surface area contributed by atoms with Gasteiger partial charge in [0.25, 0.3) is 0 Å². The van der Waals surface area contributed by atoms with Crippen molar-refractivity contribution in [1.29, 1.82) is 0 Å². The van der Waals surface area contributed by atoms with Crippen LogP contribution in [0.15, 0.2) is 16.6 Å². The minimum absolute atomic E-state index is 0.684. The molecule has 0 amide bonds. The second kappa shape index (κ2) is 9.01. The van der Waals surface area contributed by atoms with Gasteiger partial charge in [0, 0.05) is 27.2 Å². The molecule has 5 nitrogen and oxygen atoms in total. The van der Waals surface area contributed by atoms with Gasteiger partial charge in [-0.15, -0.1) is 0 Å². The first-order valence-electron chi connectivity index (χ1n) is 6.06. The fourth-order valence-electron chi connectivity index (χ4n) is 1.63. The van der Waals surface area contributed by atoms with Crippen molar-refractivity contribution in [2.75, 3.05) is 47.1 Å². The largest absolute Gasteiger partial charge is 0.383 e. The predicted molar refractivity (Wildman–Crippen MR) is 69.4 cm³/mol. The molecular weight excluding hydrogens is 218 g/mol. The van der Waals surface area contributed by atoms with Gasteiger partial charge in [0.05, 0.1) is 19.8 Å². The summed E-state index contributed by atoms with van der Waals surface area (Å²) in [4.78, 5) is 4.14. The fourth-order valence-corrected chi connectivity index (χ4v) is 1.63. The number of hydrogen-bond acceptors (Lipinski definition) is 3. The Hall–Kier alpha value is -1.07. The van der Waals surface area contributed by atoms with Gasteiger partial charge in [-0.1, -0.05) is 11.6 Å². The summed E-state index contributed by atoms with van der Waals surface area (Å²) in [6, 6.07) is 0. The predicted octanol–water partition coefficient (Wildman–Crippen LogP) is 0.535. The summed E-state index contributed by atoms with van der Waals surface area (Å²) < 4.78 is 10.2. The number of ether oxygens (including phenoxy) is 2. The Bertz CT molecular complexity index is 264. The van der Waals surface area contributed by atoms with Crippen LogP contribution in [0.3, 0.4) is 0 Å². The van der Waals surface area contributed by atoms with Crippen molar-refractivity contribution >= 4 is 5.96 Å². The minimum Gasteiger partial charge on any atom is -0.383 e. The third-order valence-electron chi connectivity index (χ3n) is 2.62. The number of aliphatic imine (C=N–C) groups is 1. The number of nitrogens with one attached hydrogen (secondary N) is 2. The van der Waals surface area contributed by atoms with Crippen LogP contribution in [0.25, 0.3) is 0 Å². The van der Waals surface area contributed by atoms with Crippen LogP contribution in [0.4, 0.5) is 0 Å². The zero-order chi connectivity index (χ0) is 12.3. The highest BCUT2D eigenvalue weighted by atomic mass is 16.5. The molecule has 0 atom stereocenters. The topological polar surface area (TPSA) is 54.9 Å². The van der Waals surface area contributed by atoms with Gasteiger partial charge in [0.1, 0.15) is 0 Å². The van der Waals surface area contributed by atoms with E-state index in [0.29, 0.717) is 6.61 Å². The summed E-state index contributed by atoms with van der Waals surface area (Å²) in [5, 5.41) is 6.46. The third kappa shape index (κ3) is 6.28. The SMILES string of the molecule is CN=C(NCCOC)NCCC1=CCOCC1. The molecule has 0 aliphatic carbocycles. The average Bonchev–Trinajstić information content (AvgIpc) is 2.38. The molecule has 0 aromatic carbocycles. The molecule has 0 saturated carbocycles. The summed E-state index contributed by atoms with van der Waals surface area (Å²) in [7, 11) is 3.46. The molecule has 2 N–H and O–H groups in total. The van der Waals surface area contributed by atoms with E-state index in [4.69, 9.17) is 9.47 Å². The van der Waals surface area contributed by atoms with Gasteiger partial charge in [-0.3, -0.25) is 4.99 Å². The van der Waals surface area contributed by atoms with Crippen LogP contribution in [-0.4, -0.2) is 53.0 Å². The van der Waals surface area contributed by atoms with E-state index in [9.17, 15) is 0 Å². The summed E-state index contributed by atoms with van der Waals surface area (Å²) in [5.74, 6) is 0.828. The van der Waals surface area contributed by atoms with Crippen molar-refractivity contribution in [1.82, 2.24) is 10.6 Å². The Labute approximate surface area is 103 Å². The smallest absolute Gasteiger partial charge is 0.191 e. The molecule has 0 unspecified atom stereocenters. The van der Waals surface area contributed by atoms with Crippen molar-refractivity contribution in [3.8, 4) is 0 Å². The zero-order valence-electron chi connectivity index (χ0n) is 10.8. The lowest BCUT2D eigenvalue weighted by Gasteiger charge is -2.15. The van der Waals surface area contributed by atoms with Crippen molar-refractivity contribution in [2.45, 2.75) is 12.8 Å². The fraction of sp³-hybridized carbons (Fsp3) is 0.750. The molecule has 5 heteroatoms. The van der Waals surface area contributed by atoms with Gasteiger partial charge < -0.3 is 20.1 Å². The molecule has 0 bridgehead atoms. The van der Waals surface area contributed by atoms with Crippen LogP contribution in [0.2, 0.25) is 0 Å². The number of nitrogens with zero attached hydrogens (tertiary/aromatic N) is 1. The van der Waals surface area contributed by atoms with E-state index in [1.54, 1.807) is 14.2 Å². The Balaban J connectivity index is 2.12. The molecule has 0 saturated heterocycles. The number of methoxy groups -OCH3 is 1. The van der Waals surface area contributed by atoms with E-state index in [2.05, 4.69) is 21.7 Å². The Morgan fingerprint density at radius 2 is 2.29 bits per heavy atom. The highest BCUT2D eigenvalue weighted by Crippen LogP contribution is 2.10. The second-order valence-corrected chi connectivity index (χ2v) is 3.86. The van der Waals surface area contributed by atoms with Crippen LogP contribution in [0.1, 0.15) is 12.8 Å². The molecule has 1 aliphatic rings. The highest BCUT2D eigenvalue weighted by Gasteiger charge is 2.03. The monoisotopic (exact) mass is 241 g/mol. The summed E-state index contributed by atoms with van der Waals surface area (Å²) in [6.45, 7) is 3.97. The maximum Gasteiger partial charge on any atom is 0.191 e. The van der Waals surface area contributed by atoms with Gasteiger partial charge in [-0.2, -0.15) is 0 Å². The second-order valence-electron chi connectivity index (χ2n) is 3.86. The Kier molecular flexibility index (Phi) is 7.42. The highest BCUT2D eigenvalue weighted by molar-refractivity contribution is 5.79. The molecule has 17 heavy (non-hydrogen) atoms. The van der Waals surface area contributed by atoms with Crippen molar-refractivity contribution in [2.24, 2.45) is 4.99 Å². The molecule has 0 spiro atoms. The maximum absolute atomic E-state index is 5.27. The van der Waals surface area contributed by atoms with Crippen molar-refractivity contribution < 1.29 is 9.47 Å². The Morgan fingerprint density at radius 1 is 1.47 bits per heavy atom. The van der Waals surface area contributed by atoms with E-state index in [-0.39, 0.29) is 0 Å². The molecule has 0 aromatic rings. The van der Waals surface area contributed by atoms with Gasteiger partial charge in [0.15, 0.2) is 5.96 Å². The summed E-state index contributed by atoms with van der Waals surface area (Å²) in [5.41, 5.74) is 1.47. The maximum atomic E-state index is 5.27. The van der Waals surface area contributed by atoms with Gasteiger partial charge >= 0.3 is 0 Å². The van der Waals surface area contributed by atoms with E-state index >= 15 is 0 Å². The number of guanidine groups is 1. The molecule has 98 valence electrons. The summed E-state index contributed by atoms with van der Waals surface area (Å²) in [6.07, 6.45) is 4.28. The first-order valence-corrected chi connectivity index (χ1v) is 6.06. The molecule has 1 rings (SSSR count). The molecule has 1 aliphatic heterocycles. The lowest BCUT2D eigenvalue weighted by molar-refractivity contribution is 0.153. The summed E-state index contributed by atoms with van der Waals surface area (Å²) >= 11 is 0. The Morgan fingerprint density at radius 3 is 2.94 bits per heavy atom. The molecule has 0 aromatic heterocycles. The first kappa shape index (κ1) is 14.0. The zero-order valence-corrected chi connectivity index (χ0v) is 10.8. The van der Waals surface area contributed by atoms with Crippen LogP contribution >= 0.6 is 0 Å². The van der Waals surface area contributed by atoms with Crippen LogP contribution in [-0.2, 0) is 9.47 Å². The normalized spacial score (nSPS) is 16.6. The van der Waals surface area contributed by atoms with Gasteiger partial charge in [-0.05, 0) is 12.8 Å². The lowest BCUT2D eigenvalue weighted by atomic mass is 10.1. The quantitative estimate of drug-likeness (QED) is 0.308. The molecule has 1 heterocycles. The van der Waals surface area contributed by atoms with Crippen LogP contribution < -0.4 is 10.6 Å². The van der Waals surface area contributed by atoms with E-state index < -0.39 is 0 Å².